The predicted octanol–water partition coefficient (Wildman–Crippen LogP) is 6.28. The van der Waals surface area contributed by atoms with Gasteiger partial charge in [-0.15, -0.1) is 0 Å². The summed E-state index contributed by atoms with van der Waals surface area (Å²) in [5, 5.41) is 0. The van der Waals surface area contributed by atoms with Crippen LogP contribution in [0.15, 0.2) is 89.8 Å². The van der Waals surface area contributed by atoms with E-state index in [-0.39, 0.29) is 0 Å². The van der Waals surface area contributed by atoms with Crippen LogP contribution < -0.4 is 9.47 Å². The Balaban J connectivity index is 1.42. The van der Waals surface area contributed by atoms with Crippen molar-refractivity contribution in [1.29, 1.82) is 0 Å². The molecule has 0 saturated heterocycles. The SMILES string of the molecule is COc1cc(SN2CC=C(c3ccccc3)CC2)ccc1Oc1ccccc1. The van der Waals surface area contributed by atoms with Gasteiger partial charge < -0.3 is 9.47 Å². The van der Waals surface area contributed by atoms with Gasteiger partial charge in [0.2, 0.25) is 0 Å². The number of methoxy groups -OCH3 is 1. The molecule has 0 aromatic heterocycles. The van der Waals surface area contributed by atoms with Gasteiger partial charge in [-0.1, -0.05) is 54.6 Å². The first-order chi connectivity index (χ1) is 13.8. The van der Waals surface area contributed by atoms with Gasteiger partial charge in [-0.3, -0.25) is 0 Å². The summed E-state index contributed by atoms with van der Waals surface area (Å²) >= 11 is 1.76. The third-order valence-electron chi connectivity index (χ3n) is 4.66. The number of rotatable bonds is 6. The maximum absolute atomic E-state index is 5.95. The summed E-state index contributed by atoms with van der Waals surface area (Å²) in [6.45, 7) is 1.95. The molecule has 0 bridgehead atoms. The molecule has 0 atom stereocenters. The summed E-state index contributed by atoms with van der Waals surface area (Å²) in [7, 11) is 1.68. The van der Waals surface area contributed by atoms with E-state index in [1.165, 1.54) is 11.1 Å². The van der Waals surface area contributed by atoms with Crippen LogP contribution in [0.3, 0.4) is 0 Å². The Morgan fingerprint density at radius 3 is 2.29 bits per heavy atom. The standard InChI is InChI=1S/C24H23NO2S/c1-26-24-18-22(12-13-23(24)27-21-10-6-3-7-11-21)28-25-16-14-20(15-17-25)19-8-4-2-5-9-19/h2-14,18H,15-17H2,1H3. The van der Waals surface area contributed by atoms with Gasteiger partial charge in [0.15, 0.2) is 11.5 Å². The van der Waals surface area contributed by atoms with Crippen LogP contribution in [0, 0.1) is 0 Å². The van der Waals surface area contributed by atoms with Crippen molar-refractivity contribution in [3.63, 3.8) is 0 Å². The second-order valence-corrected chi connectivity index (χ2v) is 7.72. The second kappa shape index (κ2) is 9.00. The van der Waals surface area contributed by atoms with Crippen LogP contribution in [-0.2, 0) is 0 Å². The van der Waals surface area contributed by atoms with Gasteiger partial charge in [0.25, 0.3) is 0 Å². The van der Waals surface area contributed by atoms with E-state index in [1.807, 2.05) is 42.5 Å². The molecule has 1 aliphatic rings. The average Bonchev–Trinajstić information content (AvgIpc) is 2.77. The Bertz CT molecular complexity index is 941. The van der Waals surface area contributed by atoms with Gasteiger partial charge >= 0.3 is 0 Å². The first-order valence-electron chi connectivity index (χ1n) is 9.40. The van der Waals surface area contributed by atoms with Gasteiger partial charge in [-0.25, -0.2) is 4.31 Å². The molecule has 28 heavy (non-hydrogen) atoms. The molecule has 0 aliphatic carbocycles. The first kappa shape index (κ1) is 18.7. The lowest BCUT2D eigenvalue weighted by atomic mass is 10.0. The molecule has 3 nitrogen and oxygen atoms in total. The molecule has 1 heterocycles. The van der Waals surface area contributed by atoms with Gasteiger partial charge in [0.05, 0.1) is 7.11 Å². The van der Waals surface area contributed by atoms with E-state index >= 15 is 0 Å². The summed E-state index contributed by atoms with van der Waals surface area (Å²) < 4.78 is 13.9. The first-order valence-corrected chi connectivity index (χ1v) is 10.2. The third kappa shape index (κ3) is 4.58. The molecule has 0 spiro atoms. The number of ether oxygens (including phenoxy) is 2. The maximum Gasteiger partial charge on any atom is 0.169 e. The minimum atomic E-state index is 0.725. The molecule has 3 aromatic rings. The molecular weight excluding hydrogens is 366 g/mol. The van der Waals surface area contributed by atoms with E-state index < -0.39 is 0 Å². The summed E-state index contributed by atoms with van der Waals surface area (Å²) in [5.74, 6) is 2.27. The van der Waals surface area contributed by atoms with Crippen LogP contribution in [-0.4, -0.2) is 24.5 Å². The highest BCUT2D eigenvalue weighted by molar-refractivity contribution is 7.97. The zero-order valence-corrected chi connectivity index (χ0v) is 16.7. The van der Waals surface area contributed by atoms with E-state index in [4.69, 9.17) is 9.47 Å². The highest BCUT2D eigenvalue weighted by Gasteiger charge is 2.15. The topological polar surface area (TPSA) is 21.7 Å². The molecule has 4 rings (SSSR count). The van der Waals surface area contributed by atoms with E-state index in [1.54, 1.807) is 19.1 Å². The highest BCUT2D eigenvalue weighted by atomic mass is 32.2. The fourth-order valence-corrected chi connectivity index (χ4v) is 4.12. The predicted molar refractivity (Wildman–Crippen MR) is 116 cm³/mol. The van der Waals surface area contributed by atoms with Crippen molar-refractivity contribution in [2.75, 3.05) is 20.2 Å². The summed E-state index contributed by atoms with van der Waals surface area (Å²) in [4.78, 5) is 1.15. The van der Waals surface area contributed by atoms with Crippen LogP contribution in [0.5, 0.6) is 17.2 Å². The lowest BCUT2D eigenvalue weighted by molar-refractivity contribution is 0.377. The zero-order valence-electron chi connectivity index (χ0n) is 15.9. The van der Waals surface area contributed by atoms with Crippen LogP contribution in [0.2, 0.25) is 0 Å². The van der Waals surface area contributed by atoms with Crippen LogP contribution in [0.4, 0.5) is 0 Å². The molecule has 0 N–H and O–H groups in total. The lowest BCUT2D eigenvalue weighted by Crippen LogP contribution is -2.21. The van der Waals surface area contributed by atoms with Gasteiger partial charge in [-0.05, 0) is 59.8 Å². The fourth-order valence-electron chi connectivity index (χ4n) is 3.20. The van der Waals surface area contributed by atoms with Gasteiger partial charge in [-0.2, -0.15) is 0 Å². The van der Waals surface area contributed by atoms with Crippen molar-refractivity contribution < 1.29 is 9.47 Å². The average molecular weight is 390 g/mol. The van der Waals surface area contributed by atoms with Crippen molar-refractivity contribution in [3.05, 3.63) is 90.5 Å². The largest absolute Gasteiger partial charge is 0.493 e. The molecule has 0 fully saturated rings. The van der Waals surface area contributed by atoms with Crippen LogP contribution in [0.25, 0.3) is 5.57 Å². The van der Waals surface area contributed by atoms with E-state index in [0.717, 1.165) is 41.7 Å². The number of para-hydroxylation sites is 1. The molecular formula is C24H23NO2S. The van der Waals surface area contributed by atoms with E-state index in [0.29, 0.717) is 0 Å². The second-order valence-electron chi connectivity index (χ2n) is 6.55. The monoisotopic (exact) mass is 389 g/mol. The third-order valence-corrected chi connectivity index (χ3v) is 5.71. The van der Waals surface area contributed by atoms with Crippen molar-refractivity contribution in [3.8, 4) is 17.2 Å². The number of benzene rings is 3. The molecule has 0 saturated carbocycles. The van der Waals surface area contributed by atoms with Crippen molar-refractivity contribution in [1.82, 2.24) is 4.31 Å². The molecule has 1 aliphatic heterocycles. The minimum absolute atomic E-state index is 0.725. The maximum atomic E-state index is 5.95. The number of hydrogen-bond acceptors (Lipinski definition) is 4. The minimum Gasteiger partial charge on any atom is -0.493 e. The molecule has 0 unspecified atom stereocenters. The Kier molecular flexibility index (Phi) is 6.00. The van der Waals surface area contributed by atoms with Crippen molar-refractivity contribution >= 4 is 17.5 Å². The van der Waals surface area contributed by atoms with Crippen LogP contribution in [0.1, 0.15) is 12.0 Å². The molecule has 142 valence electrons. The summed E-state index contributed by atoms with van der Waals surface area (Å²) in [6.07, 6.45) is 3.39. The van der Waals surface area contributed by atoms with Crippen LogP contribution >= 0.6 is 11.9 Å². The summed E-state index contributed by atoms with van der Waals surface area (Å²) in [5.41, 5.74) is 2.76. The zero-order chi connectivity index (χ0) is 19.2. The number of nitrogens with zero attached hydrogens (tertiary/aromatic N) is 1. The Hall–Kier alpha value is -2.69. The molecule has 4 heteroatoms. The Morgan fingerprint density at radius 2 is 1.61 bits per heavy atom. The highest BCUT2D eigenvalue weighted by Crippen LogP contribution is 2.37. The van der Waals surface area contributed by atoms with Gasteiger partial charge in [0, 0.05) is 18.0 Å². The molecule has 0 amide bonds. The van der Waals surface area contributed by atoms with Crippen molar-refractivity contribution in [2.45, 2.75) is 11.3 Å². The van der Waals surface area contributed by atoms with E-state index in [9.17, 15) is 0 Å². The smallest absolute Gasteiger partial charge is 0.169 e. The lowest BCUT2D eigenvalue weighted by Gasteiger charge is -2.25. The van der Waals surface area contributed by atoms with E-state index in [2.05, 4.69) is 46.8 Å². The normalized spacial score (nSPS) is 14.4. The number of hydrogen-bond donors (Lipinski definition) is 0. The Labute approximate surface area is 170 Å². The fraction of sp³-hybridized carbons (Fsp3) is 0.167. The molecule has 0 radical (unpaired) electrons. The van der Waals surface area contributed by atoms with Gasteiger partial charge in [0.1, 0.15) is 5.75 Å². The summed E-state index contributed by atoms with van der Waals surface area (Å²) in [6, 6.07) is 26.5. The quantitative estimate of drug-likeness (QED) is 0.462. The van der Waals surface area contributed by atoms with Crippen molar-refractivity contribution in [2.24, 2.45) is 0 Å². The Morgan fingerprint density at radius 1 is 0.857 bits per heavy atom. The molecule has 3 aromatic carbocycles.